The van der Waals surface area contributed by atoms with Crippen molar-refractivity contribution in [1.82, 2.24) is 9.88 Å². The number of hydrogen-bond donors (Lipinski definition) is 0. The molecule has 31 heavy (non-hydrogen) atoms. The number of benzene rings is 2. The summed E-state index contributed by atoms with van der Waals surface area (Å²) in [6, 6.07) is 9.37. The Labute approximate surface area is 179 Å². The lowest BCUT2D eigenvalue weighted by molar-refractivity contribution is 0.0971. The zero-order valence-electron chi connectivity index (χ0n) is 17.3. The fourth-order valence-electron chi connectivity index (χ4n) is 3.82. The van der Waals surface area contributed by atoms with Crippen molar-refractivity contribution in [3.63, 3.8) is 0 Å². The van der Waals surface area contributed by atoms with Crippen molar-refractivity contribution in [1.29, 1.82) is 0 Å². The summed E-state index contributed by atoms with van der Waals surface area (Å²) in [7, 11) is -3.50. The molecule has 2 aromatic carbocycles. The molecule has 7 nitrogen and oxygen atoms in total. The van der Waals surface area contributed by atoms with E-state index in [1.54, 1.807) is 11.8 Å². The quantitative estimate of drug-likeness (QED) is 0.591. The Bertz CT molecular complexity index is 1230. The van der Waals surface area contributed by atoms with Gasteiger partial charge in [0.25, 0.3) is 0 Å². The van der Waals surface area contributed by atoms with E-state index >= 15 is 0 Å². The molecule has 0 unspecified atom stereocenters. The first kappa shape index (κ1) is 21.3. The third-order valence-electron chi connectivity index (χ3n) is 5.50. The van der Waals surface area contributed by atoms with Gasteiger partial charge in [0.15, 0.2) is 15.4 Å². The van der Waals surface area contributed by atoms with Crippen molar-refractivity contribution in [3.8, 4) is 11.5 Å². The topological polar surface area (TPSA) is 89.7 Å². The summed E-state index contributed by atoms with van der Waals surface area (Å²) < 4.78 is 48.5. The lowest BCUT2D eigenvalue weighted by Crippen LogP contribution is -2.38. The molecule has 1 aliphatic rings. The number of likely N-dealkylation sites (tertiary alicyclic amines) is 1. The number of nitrogens with zero attached hydrogens (tertiary/aromatic N) is 2. The number of carbonyl (C=O) groups is 1. The number of hydrogen-bond acceptors (Lipinski definition) is 6. The van der Waals surface area contributed by atoms with Crippen LogP contribution < -0.4 is 0 Å². The van der Waals surface area contributed by atoms with Crippen molar-refractivity contribution >= 4 is 27.0 Å². The van der Waals surface area contributed by atoms with Gasteiger partial charge >= 0.3 is 6.09 Å². The molecule has 1 fully saturated rings. The minimum atomic E-state index is -3.50. The Balaban J connectivity index is 1.55. The van der Waals surface area contributed by atoms with E-state index in [2.05, 4.69) is 4.98 Å². The van der Waals surface area contributed by atoms with E-state index < -0.39 is 15.7 Å². The Hall–Kier alpha value is -2.94. The number of amides is 1. The zero-order chi connectivity index (χ0) is 22.2. The van der Waals surface area contributed by atoms with E-state index in [-0.39, 0.29) is 28.4 Å². The van der Waals surface area contributed by atoms with Gasteiger partial charge in [0.05, 0.1) is 17.1 Å². The number of fused-ring (bicyclic) bond motifs is 1. The Morgan fingerprint density at radius 1 is 1.23 bits per heavy atom. The highest BCUT2D eigenvalue weighted by Gasteiger charge is 2.25. The van der Waals surface area contributed by atoms with Gasteiger partial charge in [-0.15, -0.1) is 0 Å². The summed E-state index contributed by atoms with van der Waals surface area (Å²) in [5.41, 5.74) is 2.32. The van der Waals surface area contributed by atoms with Gasteiger partial charge in [-0.1, -0.05) is 6.07 Å². The summed E-state index contributed by atoms with van der Waals surface area (Å²) in [6.07, 6.45) is 2.38. The maximum atomic E-state index is 14.5. The van der Waals surface area contributed by atoms with E-state index in [1.807, 2.05) is 18.2 Å². The molecule has 1 saturated heterocycles. The van der Waals surface area contributed by atoms with Crippen LogP contribution in [0.3, 0.4) is 0 Å². The van der Waals surface area contributed by atoms with Crippen LogP contribution in [0.5, 0.6) is 0 Å². The third kappa shape index (κ3) is 4.41. The zero-order valence-corrected chi connectivity index (χ0v) is 18.1. The fourth-order valence-corrected chi connectivity index (χ4v) is 4.46. The second-order valence-corrected chi connectivity index (χ2v) is 9.64. The van der Waals surface area contributed by atoms with E-state index in [4.69, 9.17) is 9.15 Å². The summed E-state index contributed by atoms with van der Waals surface area (Å²) in [5.74, 6) is -0.330. The first-order chi connectivity index (χ1) is 14.8. The molecule has 0 bridgehead atoms. The maximum absolute atomic E-state index is 14.5. The predicted octanol–water partition coefficient (Wildman–Crippen LogP) is 4.37. The average molecular weight is 447 g/mol. The van der Waals surface area contributed by atoms with Crippen LogP contribution in [0.15, 0.2) is 45.7 Å². The Morgan fingerprint density at radius 3 is 2.61 bits per heavy atom. The molecule has 0 N–H and O–H groups in total. The minimum Gasteiger partial charge on any atom is -0.450 e. The van der Waals surface area contributed by atoms with Gasteiger partial charge in [-0.25, -0.2) is 22.6 Å². The van der Waals surface area contributed by atoms with Crippen LogP contribution in [0.2, 0.25) is 0 Å². The largest absolute Gasteiger partial charge is 0.450 e. The van der Waals surface area contributed by atoms with Crippen LogP contribution in [0.1, 0.15) is 31.2 Å². The molecule has 0 atom stereocenters. The smallest absolute Gasteiger partial charge is 0.409 e. The van der Waals surface area contributed by atoms with Gasteiger partial charge in [-0.3, -0.25) is 0 Å². The number of piperidine rings is 1. The Morgan fingerprint density at radius 2 is 1.97 bits per heavy atom. The fraction of sp³-hybridized carbons (Fsp3) is 0.364. The second kappa shape index (κ2) is 8.30. The molecule has 4 rings (SSSR count). The number of halogens is 1. The molecule has 9 heteroatoms. The predicted molar refractivity (Wildman–Crippen MR) is 113 cm³/mol. The molecule has 1 aromatic heterocycles. The number of rotatable bonds is 4. The molecule has 1 aliphatic heterocycles. The molecular formula is C22H23FN2O5S. The first-order valence-electron chi connectivity index (χ1n) is 10.1. The van der Waals surface area contributed by atoms with E-state index in [1.165, 1.54) is 12.1 Å². The number of ether oxygens (including phenoxy) is 1. The molecule has 0 spiro atoms. The second-order valence-electron chi connectivity index (χ2n) is 7.62. The SMILES string of the molecule is CCOC(=O)N1CCC(c2ccc3oc(-c4ccc(S(C)(=O)=O)cc4F)nc3c2)CC1. The lowest BCUT2D eigenvalue weighted by atomic mass is 9.89. The molecule has 0 saturated carbocycles. The standard InChI is InChI=1S/C22H23FN2O5S/c1-3-29-22(26)25-10-8-14(9-11-25)15-4-7-20-19(12-15)24-21(30-20)17-6-5-16(13-18(17)23)31(2,27)28/h4-7,12-14H,3,8-11H2,1-2H3. The number of oxazole rings is 1. The average Bonchev–Trinajstić information content (AvgIpc) is 3.16. The molecule has 2 heterocycles. The summed E-state index contributed by atoms with van der Waals surface area (Å²) >= 11 is 0. The van der Waals surface area contributed by atoms with E-state index in [9.17, 15) is 17.6 Å². The van der Waals surface area contributed by atoms with Crippen LogP contribution in [-0.2, 0) is 14.6 Å². The van der Waals surface area contributed by atoms with Crippen LogP contribution in [0, 0.1) is 5.82 Å². The summed E-state index contributed by atoms with van der Waals surface area (Å²) in [5, 5.41) is 0. The number of carbonyl (C=O) groups excluding carboxylic acids is 1. The van der Waals surface area contributed by atoms with Gasteiger partial charge < -0.3 is 14.1 Å². The summed E-state index contributed by atoms with van der Waals surface area (Å²) in [4.78, 5) is 17.9. The normalized spacial score (nSPS) is 15.4. The monoisotopic (exact) mass is 446 g/mol. The number of sulfone groups is 1. The molecule has 1 amide bonds. The molecular weight excluding hydrogens is 423 g/mol. The lowest BCUT2D eigenvalue weighted by Gasteiger charge is -2.31. The molecule has 0 radical (unpaired) electrons. The highest BCUT2D eigenvalue weighted by molar-refractivity contribution is 7.90. The highest BCUT2D eigenvalue weighted by Crippen LogP contribution is 2.33. The van der Waals surface area contributed by atoms with Crippen molar-refractivity contribution in [2.75, 3.05) is 26.0 Å². The maximum Gasteiger partial charge on any atom is 0.409 e. The molecule has 164 valence electrons. The molecule has 3 aromatic rings. The third-order valence-corrected chi connectivity index (χ3v) is 6.61. The van der Waals surface area contributed by atoms with E-state index in [0.717, 1.165) is 30.7 Å². The van der Waals surface area contributed by atoms with Crippen LogP contribution in [0.4, 0.5) is 9.18 Å². The Kier molecular flexibility index (Phi) is 5.70. The van der Waals surface area contributed by atoms with E-state index in [0.29, 0.717) is 30.8 Å². The van der Waals surface area contributed by atoms with Gasteiger partial charge in [0.1, 0.15) is 11.3 Å². The summed E-state index contributed by atoms with van der Waals surface area (Å²) in [6.45, 7) is 3.41. The van der Waals surface area contributed by atoms with Gasteiger partial charge in [0.2, 0.25) is 5.89 Å². The van der Waals surface area contributed by atoms with Crippen molar-refractivity contribution < 1.29 is 26.8 Å². The van der Waals surface area contributed by atoms with Gasteiger partial charge in [-0.05, 0) is 61.6 Å². The van der Waals surface area contributed by atoms with Crippen LogP contribution in [-0.4, -0.2) is 50.3 Å². The van der Waals surface area contributed by atoms with Crippen molar-refractivity contribution in [2.24, 2.45) is 0 Å². The van der Waals surface area contributed by atoms with Crippen LogP contribution >= 0.6 is 0 Å². The van der Waals surface area contributed by atoms with Crippen molar-refractivity contribution in [2.45, 2.75) is 30.6 Å². The highest BCUT2D eigenvalue weighted by atomic mass is 32.2. The first-order valence-corrected chi connectivity index (χ1v) is 12.0. The minimum absolute atomic E-state index is 0.0960. The molecule has 0 aliphatic carbocycles. The van der Waals surface area contributed by atoms with Gasteiger partial charge in [-0.2, -0.15) is 0 Å². The number of aromatic nitrogens is 1. The van der Waals surface area contributed by atoms with Gasteiger partial charge in [0, 0.05) is 19.3 Å². The van der Waals surface area contributed by atoms with Crippen LogP contribution in [0.25, 0.3) is 22.6 Å². The van der Waals surface area contributed by atoms with Crippen molar-refractivity contribution in [3.05, 3.63) is 47.8 Å².